The first-order valence-corrected chi connectivity index (χ1v) is 5.72. The molecule has 4 N–H and O–H groups in total. The number of fused-ring (bicyclic) bond motifs is 1. The topological polar surface area (TPSA) is 78.8 Å². The molecule has 3 heterocycles. The van der Waals surface area contributed by atoms with Crippen LogP contribution in [0.1, 0.15) is 11.1 Å². The van der Waals surface area contributed by atoms with Gasteiger partial charge in [-0.15, -0.1) is 5.53 Å². The summed E-state index contributed by atoms with van der Waals surface area (Å²) < 4.78 is 1.81. The molecule has 18 heavy (non-hydrogen) atoms. The average Bonchev–Trinajstić information content (AvgIpc) is 2.98. The summed E-state index contributed by atoms with van der Waals surface area (Å²) in [5.41, 5.74) is 12.2. The second-order valence-corrected chi connectivity index (χ2v) is 4.21. The van der Waals surface area contributed by atoms with Crippen molar-refractivity contribution in [3.63, 3.8) is 0 Å². The molecule has 3 rings (SSSR count). The molecule has 0 saturated carbocycles. The standard InChI is InChI=1S/C11H15N7/c1-12-9-4-8(3-7-5-13-18(2)6-7)10-11(14-9)16-17-15-10/h4-6,15,17H,3H2,1-2H3,(H2,12,14,16). The molecule has 7 nitrogen and oxygen atoms in total. The molecule has 0 aliphatic carbocycles. The summed E-state index contributed by atoms with van der Waals surface area (Å²) in [5, 5.41) is 7.24. The van der Waals surface area contributed by atoms with Gasteiger partial charge in [0.1, 0.15) is 5.82 Å². The van der Waals surface area contributed by atoms with Gasteiger partial charge in [-0.2, -0.15) is 5.10 Å². The van der Waals surface area contributed by atoms with Crippen LogP contribution >= 0.6 is 0 Å². The second-order valence-electron chi connectivity index (χ2n) is 4.21. The number of pyridine rings is 1. The first-order valence-electron chi connectivity index (χ1n) is 5.72. The number of hydrogen-bond donors (Lipinski definition) is 4. The van der Waals surface area contributed by atoms with E-state index in [9.17, 15) is 0 Å². The largest absolute Gasteiger partial charge is 0.373 e. The highest BCUT2D eigenvalue weighted by Crippen LogP contribution is 2.30. The molecule has 0 atom stereocenters. The fourth-order valence-corrected chi connectivity index (χ4v) is 2.03. The molecule has 0 spiro atoms. The second kappa shape index (κ2) is 4.19. The van der Waals surface area contributed by atoms with Crippen LogP contribution in [-0.4, -0.2) is 21.8 Å². The van der Waals surface area contributed by atoms with Gasteiger partial charge in [-0.05, 0) is 17.2 Å². The van der Waals surface area contributed by atoms with E-state index in [4.69, 9.17) is 0 Å². The molecule has 0 radical (unpaired) electrons. The van der Waals surface area contributed by atoms with Crippen molar-refractivity contribution < 1.29 is 0 Å². The fourth-order valence-electron chi connectivity index (χ4n) is 2.03. The van der Waals surface area contributed by atoms with Gasteiger partial charge < -0.3 is 10.7 Å². The Labute approximate surface area is 105 Å². The van der Waals surface area contributed by atoms with Crippen LogP contribution in [0, 0.1) is 0 Å². The molecule has 0 amide bonds. The third-order valence-corrected chi connectivity index (χ3v) is 2.88. The maximum atomic E-state index is 4.41. The summed E-state index contributed by atoms with van der Waals surface area (Å²) in [6.07, 6.45) is 4.70. The molecule has 1 aliphatic heterocycles. The van der Waals surface area contributed by atoms with Crippen molar-refractivity contribution in [1.29, 1.82) is 0 Å². The van der Waals surface area contributed by atoms with Crippen LogP contribution in [0.3, 0.4) is 0 Å². The smallest absolute Gasteiger partial charge is 0.169 e. The van der Waals surface area contributed by atoms with Crippen LogP contribution in [0.15, 0.2) is 18.5 Å². The maximum absolute atomic E-state index is 4.41. The average molecular weight is 245 g/mol. The Morgan fingerprint density at radius 2 is 2.28 bits per heavy atom. The number of hydrazine groups is 2. The number of anilines is 3. The molecule has 7 heteroatoms. The van der Waals surface area contributed by atoms with Crippen molar-refractivity contribution in [2.24, 2.45) is 7.05 Å². The quantitative estimate of drug-likeness (QED) is 0.637. The minimum absolute atomic E-state index is 0.806. The van der Waals surface area contributed by atoms with Crippen molar-refractivity contribution >= 4 is 17.3 Å². The van der Waals surface area contributed by atoms with Crippen LogP contribution in [0.4, 0.5) is 17.3 Å². The Hall–Kier alpha value is -2.28. The molecule has 1 aliphatic rings. The van der Waals surface area contributed by atoms with Crippen LogP contribution in [-0.2, 0) is 13.5 Å². The van der Waals surface area contributed by atoms with E-state index in [1.807, 2.05) is 32.6 Å². The first kappa shape index (κ1) is 10.8. The molecule has 0 bridgehead atoms. The SMILES string of the molecule is CNc1cc(Cc2cnn(C)c2)c2c(n1)NNN2. The number of hydrogen-bond acceptors (Lipinski definition) is 6. The van der Waals surface area contributed by atoms with E-state index < -0.39 is 0 Å². The normalized spacial score (nSPS) is 12.8. The summed E-state index contributed by atoms with van der Waals surface area (Å²) in [5.74, 6) is 1.64. The maximum Gasteiger partial charge on any atom is 0.169 e. The Kier molecular flexibility index (Phi) is 2.52. The summed E-state index contributed by atoms with van der Waals surface area (Å²) >= 11 is 0. The number of nitrogens with one attached hydrogen (secondary N) is 4. The van der Waals surface area contributed by atoms with Crippen LogP contribution in [0.2, 0.25) is 0 Å². The van der Waals surface area contributed by atoms with Crippen LogP contribution in [0.25, 0.3) is 0 Å². The van der Waals surface area contributed by atoms with Crippen molar-refractivity contribution in [2.75, 3.05) is 23.2 Å². The first-order chi connectivity index (χ1) is 8.76. The molecule has 0 fully saturated rings. The Bertz CT molecular complexity index is 575. The molecule has 94 valence electrons. The Morgan fingerprint density at radius 3 is 3.00 bits per heavy atom. The van der Waals surface area contributed by atoms with E-state index in [1.54, 1.807) is 4.68 Å². The van der Waals surface area contributed by atoms with E-state index in [1.165, 1.54) is 5.56 Å². The van der Waals surface area contributed by atoms with Gasteiger partial charge in [0.05, 0.1) is 11.9 Å². The summed E-state index contributed by atoms with van der Waals surface area (Å²) in [6, 6.07) is 2.04. The van der Waals surface area contributed by atoms with Gasteiger partial charge in [-0.1, -0.05) is 0 Å². The van der Waals surface area contributed by atoms with Gasteiger partial charge in [0.15, 0.2) is 5.82 Å². The summed E-state index contributed by atoms with van der Waals surface area (Å²) in [7, 11) is 3.78. The third-order valence-electron chi connectivity index (χ3n) is 2.88. The lowest BCUT2D eigenvalue weighted by molar-refractivity contribution is 0.767. The zero-order valence-electron chi connectivity index (χ0n) is 10.3. The van der Waals surface area contributed by atoms with E-state index in [0.717, 1.165) is 29.3 Å². The van der Waals surface area contributed by atoms with E-state index in [2.05, 4.69) is 31.8 Å². The van der Waals surface area contributed by atoms with Crippen LogP contribution in [0.5, 0.6) is 0 Å². The minimum Gasteiger partial charge on any atom is -0.373 e. The van der Waals surface area contributed by atoms with E-state index in [0.29, 0.717) is 0 Å². The summed E-state index contributed by atoms with van der Waals surface area (Å²) in [6.45, 7) is 0. The monoisotopic (exact) mass is 245 g/mol. The number of aromatic nitrogens is 3. The Morgan fingerprint density at radius 1 is 1.39 bits per heavy atom. The molecular weight excluding hydrogens is 230 g/mol. The Balaban J connectivity index is 1.98. The highest BCUT2D eigenvalue weighted by Gasteiger charge is 2.17. The minimum atomic E-state index is 0.806. The molecule has 0 saturated heterocycles. The third kappa shape index (κ3) is 1.84. The number of aryl methyl sites for hydroxylation is 1. The predicted octanol–water partition coefficient (Wildman–Crippen LogP) is 0.705. The molecule has 2 aromatic rings. The van der Waals surface area contributed by atoms with Crippen molar-refractivity contribution in [3.8, 4) is 0 Å². The molecule has 2 aromatic heterocycles. The van der Waals surface area contributed by atoms with Crippen molar-refractivity contribution in [2.45, 2.75) is 6.42 Å². The van der Waals surface area contributed by atoms with Crippen LogP contribution < -0.4 is 21.7 Å². The van der Waals surface area contributed by atoms with Crippen molar-refractivity contribution in [3.05, 3.63) is 29.6 Å². The van der Waals surface area contributed by atoms with Crippen molar-refractivity contribution in [1.82, 2.24) is 20.3 Å². The lowest BCUT2D eigenvalue weighted by atomic mass is 10.1. The zero-order valence-corrected chi connectivity index (χ0v) is 10.3. The summed E-state index contributed by atoms with van der Waals surface area (Å²) in [4.78, 5) is 4.41. The van der Waals surface area contributed by atoms with Gasteiger partial charge >= 0.3 is 0 Å². The van der Waals surface area contributed by atoms with Gasteiger partial charge in [-0.3, -0.25) is 10.1 Å². The number of nitrogens with zero attached hydrogens (tertiary/aromatic N) is 3. The molecular formula is C11H15N7. The molecule has 0 unspecified atom stereocenters. The zero-order chi connectivity index (χ0) is 12.5. The fraction of sp³-hybridized carbons (Fsp3) is 0.273. The lowest BCUT2D eigenvalue weighted by Gasteiger charge is -2.08. The van der Waals surface area contributed by atoms with E-state index in [-0.39, 0.29) is 0 Å². The van der Waals surface area contributed by atoms with E-state index >= 15 is 0 Å². The predicted molar refractivity (Wildman–Crippen MR) is 70.2 cm³/mol. The van der Waals surface area contributed by atoms with Gasteiger partial charge in [0.25, 0.3) is 0 Å². The highest BCUT2D eigenvalue weighted by atomic mass is 15.6. The molecule has 0 aromatic carbocycles. The van der Waals surface area contributed by atoms with Gasteiger partial charge in [-0.25, -0.2) is 4.98 Å². The lowest BCUT2D eigenvalue weighted by Crippen LogP contribution is -2.19. The number of rotatable bonds is 3. The van der Waals surface area contributed by atoms with Gasteiger partial charge in [0.2, 0.25) is 0 Å². The van der Waals surface area contributed by atoms with Gasteiger partial charge in [0, 0.05) is 26.7 Å². The highest BCUT2D eigenvalue weighted by molar-refractivity contribution is 5.74.